The fourth-order valence-electron chi connectivity index (χ4n) is 4.60. The second-order valence-electron chi connectivity index (χ2n) is 9.34. The second kappa shape index (κ2) is 9.62. The zero-order valence-corrected chi connectivity index (χ0v) is 23.5. The molecule has 5 aromatic rings. The molecule has 6 rings (SSSR count). The molecular formula is C31H18F2O4S3. The van der Waals surface area contributed by atoms with E-state index in [9.17, 15) is 28.0 Å². The van der Waals surface area contributed by atoms with Crippen LogP contribution in [0.5, 0.6) is 0 Å². The van der Waals surface area contributed by atoms with Gasteiger partial charge in [-0.25, -0.2) is 0 Å². The first-order valence-corrected chi connectivity index (χ1v) is 14.6. The van der Waals surface area contributed by atoms with E-state index in [1.54, 1.807) is 36.4 Å². The van der Waals surface area contributed by atoms with Crippen molar-refractivity contribution in [2.24, 2.45) is 0 Å². The fraction of sp³-hybridized carbons (Fsp3) is 0.0968. The Morgan fingerprint density at radius 1 is 0.550 bits per heavy atom. The number of benzene rings is 2. The summed E-state index contributed by atoms with van der Waals surface area (Å²) in [4.78, 5) is 52.5. The SMILES string of the molecule is CC(=O)c1ccc(-c2ccc(-c3sc(-c4ccc(-c5ccc(C(C)=O)cc5)s4)c4c3C(=O)C(F)(F)C4=O)s2)cc1. The van der Waals surface area contributed by atoms with Crippen LogP contribution in [-0.4, -0.2) is 29.1 Å². The maximum atomic E-state index is 14.8. The lowest BCUT2D eigenvalue weighted by Crippen LogP contribution is -2.30. The van der Waals surface area contributed by atoms with E-state index in [0.29, 0.717) is 30.6 Å². The Labute approximate surface area is 239 Å². The van der Waals surface area contributed by atoms with Gasteiger partial charge in [0, 0.05) is 30.6 Å². The predicted octanol–water partition coefficient (Wildman–Crippen LogP) is 8.96. The lowest BCUT2D eigenvalue weighted by molar-refractivity contribution is 0.0189. The summed E-state index contributed by atoms with van der Waals surface area (Å²) in [6, 6.07) is 21.4. The molecule has 2 aromatic carbocycles. The lowest BCUT2D eigenvalue weighted by atomic mass is 10.1. The van der Waals surface area contributed by atoms with Crippen molar-refractivity contribution < 1.29 is 28.0 Å². The molecule has 0 N–H and O–H groups in total. The third-order valence-electron chi connectivity index (χ3n) is 6.74. The van der Waals surface area contributed by atoms with Gasteiger partial charge in [0.2, 0.25) is 11.6 Å². The van der Waals surface area contributed by atoms with E-state index in [1.165, 1.54) is 36.5 Å². The van der Waals surface area contributed by atoms with Gasteiger partial charge in [-0.2, -0.15) is 8.78 Å². The molecule has 0 saturated heterocycles. The topological polar surface area (TPSA) is 68.3 Å². The van der Waals surface area contributed by atoms with Crippen LogP contribution in [0.3, 0.4) is 0 Å². The lowest BCUT2D eigenvalue weighted by Gasteiger charge is -2.05. The standard InChI is InChI=1S/C31H18F2O4S3/c1-15(34)17-3-7-19(8-4-17)21-11-13-23(38-21)27-25-26(30(37)31(32,33)29(25)36)28(40-27)24-14-12-22(39-24)20-9-5-18(6-10-20)16(2)35/h3-14H,1-2H3. The van der Waals surface area contributed by atoms with Gasteiger partial charge < -0.3 is 0 Å². The molecule has 1 aliphatic carbocycles. The molecule has 0 atom stereocenters. The summed E-state index contributed by atoms with van der Waals surface area (Å²) in [5.41, 5.74) is 2.41. The number of rotatable bonds is 6. The minimum Gasteiger partial charge on any atom is -0.295 e. The highest BCUT2D eigenvalue weighted by molar-refractivity contribution is 7.28. The Morgan fingerprint density at radius 2 is 0.900 bits per heavy atom. The number of carbonyl (C=O) groups is 4. The first kappa shape index (κ1) is 26.3. The van der Waals surface area contributed by atoms with Crippen molar-refractivity contribution in [3.8, 4) is 40.4 Å². The maximum Gasteiger partial charge on any atom is 0.371 e. The quantitative estimate of drug-likeness (QED) is 0.147. The third kappa shape index (κ3) is 4.21. The Hall–Kier alpha value is -3.92. The Balaban J connectivity index is 1.43. The van der Waals surface area contributed by atoms with Crippen LogP contribution in [0.2, 0.25) is 0 Å². The highest BCUT2D eigenvalue weighted by Crippen LogP contribution is 2.53. The van der Waals surface area contributed by atoms with Crippen molar-refractivity contribution >= 4 is 57.1 Å². The molecule has 3 aromatic heterocycles. The van der Waals surface area contributed by atoms with Crippen LogP contribution in [0.4, 0.5) is 8.78 Å². The molecule has 0 bridgehead atoms. The van der Waals surface area contributed by atoms with Crippen LogP contribution in [-0.2, 0) is 0 Å². The van der Waals surface area contributed by atoms with Crippen LogP contribution < -0.4 is 0 Å². The Bertz CT molecular complexity index is 1720. The molecule has 0 radical (unpaired) electrons. The summed E-state index contributed by atoms with van der Waals surface area (Å²) in [6.07, 6.45) is 0. The summed E-state index contributed by atoms with van der Waals surface area (Å²) in [5.74, 6) is -7.14. The normalized spacial score (nSPS) is 14.0. The van der Waals surface area contributed by atoms with E-state index >= 15 is 0 Å². The van der Waals surface area contributed by atoms with Crippen LogP contribution in [0.1, 0.15) is 55.3 Å². The van der Waals surface area contributed by atoms with E-state index in [0.717, 1.165) is 32.2 Å². The summed E-state index contributed by atoms with van der Waals surface area (Å²) in [6.45, 7) is 2.98. The minimum atomic E-state index is -4.10. The van der Waals surface area contributed by atoms with Gasteiger partial charge in [-0.15, -0.1) is 34.0 Å². The van der Waals surface area contributed by atoms with Crippen molar-refractivity contribution in [3.05, 3.63) is 95.1 Å². The predicted molar refractivity (Wildman–Crippen MR) is 155 cm³/mol. The number of alkyl halides is 2. The monoisotopic (exact) mass is 588 g/mol. The average molecular weight is 589 g/mol. The Kier molecular flexibility index (Phi) is 6.33. The van der Waals surface area contributed by atoms with E-state index in [2.05, 4.69) is 0 Å². The number of thiophene rings is 3. The first-order valence-electron chi connectivity index (χ1n) is 12.1. The molecule has 0 spiro atoms. The van der Waals surface area contributed by atoms with Crippen LogP contribution in [0, 0.1) is 0 Å². The zero-order chi connectivity index (χ0) is 28.3. The maximum absolute atomic E-state index is 14.8. The van der Waals surface area contributed by atoms with Gasteiger partial charge in [-0.3, -0.25) is 19.2 Å². The molecule has 0 fully saturated rings. The van der Waals surface area contributed by atoms with Crippen molar-refractivity contribution in [2.45, 2.75) is 19.8 Å². The number of ketones is 4. The number of hydrogen-bond donors (Lipinski definition) is 0. The van der Waals surface area contributed by atoms with E-state index < -0.39 is 17.5 Å². The van der Waals surface area contributed by atoms with E-state index in [1.807, 2.05) is 36.4 Å². The number of Topliss-reactive ketones (excluding diaryl/α,β-unsaturated/α-hetero) is 4. The van der Waals surface area contributed by atoms with Crippen molar-refractivity contribution in [2.75, 3.05) is 0 Å². The molecule has 0 saturated carbocycles. The molecule has 0 amide bonds. The van der Waals surface area contributed by atoms with Gasteiger partial charge in [0.05, 0.1) is 20.9 Å². The molecule has 9 heteroatoms. The van der Waals surface area contributed by atoms with Gasteiger partial charge in [-0.1, -0.05) is 48.5 Å². The number of carbonyl (C=O) groups excluding carboxylic acids is 4. The van der Waals surface area contributed by atoms with Gasteiger partial charge >= 0.3 is 5.92 Å². The third-order valence-corrected chi connectivity index (χ3v) is 10.6. The fourth-order valence-corrected chi connectivity index (χ4v) is 8.15. The van der Waals surface area contributed by atoms with Crippen LogP contribution in [0.15, 0.2) is 72.8 Å². The highest BCUT2D eigenvalue weighted by Gasteiger charge is 2.58. The summed E-state index contributed by atoms with van der Waals surface area (Å²) in [5, 5.41) is 0. The largest absolute Gasteiger partial charge is 0.371 e. The molecule has 1 aliphatic rings. The molecule has 0 unspecified atom stereocenters. The van der Waals surface area contributed by atoms with Gasteiger partial charge in [-0.05, 0) is 49.2 Å². The van der Waals surface area contributed by atoms with E-state index in [4.69, 9.17) is 0 Å². The molecular weight excluding hydrogens is 571 g/mol. The minimum absolute atomic E-state index is 0.0472. The van der Waals surface area contributed by atoms with Gasteiger partial charge in [0.1, 0.15) is 0 Å². The molecule has 4 nitrogen and oxygen atoms in total. The molecule has 0 aliphatic heterocycles. The molecule has 3 heterocycles. The molecule has 40 heavy (non-hydrogen) atoms. The van der Waals surface area contributed by atoms with Crippen molar-refractivity contribution in [3.63, 3.8) is 0 Å². The van der Waals surface area contributed by atoms with Gasteiger partial charge in [0.15, 0.2) is 11.6 Å². The summed E-state index contributed by atoms with van der Waals surface area (Å²) >= 11 is 3.82. The van der Waals surface area contributed by atoms with Crippen LogP contribution in [0.25, 0.3) is 40.4 Å². The number of hydrogen-bond acceptors (Lipinski definition) is 7. The Morgan fingerprint density at radius 3 is 1.25 bits per heavy atom. The second-order valence-corrected chi connectivity index (χ2v) is 12.5. The number of halogens is 2. The zero-order valence-electron chi connectivity index (χ0n) is 21.0. The van der Waals surface area contributed by atoms with Crippen molar-refractivity contribution in [1.82, 2.24) is 0 Å². The van der Waals surface area contributed by atoms with Crippen LogP contribution >= 0.6 is 34.0 Å². The first-order chi connectivity index (χ1) is 19.1. The summed E-state index contributed by atoms with van der Waals surface area (Å²) in [7, 11) is 0. The van der Waals surface area contributed by atoms with E-state index in [-0.39, 0.29) is 22.7 Å². The highest BCUT2D eigenvalue weighted by atomic mass is 32.1. The smallest absolute Gasteiger partial charge is 0.295 e. The summed E-state index contributed by atoms with van der Waals surface area (Å²) < 4.78 is 29.5. The van der Waals surface area contributed by atoms with Gasteiger partial charge in [0.25, 0.3) is 0 Å². The average Bonchev–Trinajstić information content (AvgIpc) is 3.72. The molecule has 198 valence electrons. The van der Waals surface area contributed by atoms with Crippen molar-refractivity contribution in [1.29, 1.82) is 0 Å². The number of fused-ring (bicyclic) bond motifs is 1.